The number of amides is 1. The Labute approximate surface area is 292 Å². The summed E-state index contributed by atoms with van der Waals surface area (Å²) in [6, 6.07) is 41.6. The van der Waals surface area contributed by atoms with Gasteiger partial charge in [-0.25, -0.2) is 13.4 Å². The molecule has 1 amide bonds. The minimum Gasteiger partial charge on any atom is -0.494 e. The van der Waals surface area contributed by atoms with Crippen molar-refractivity contribution in [1.82, 2.24) is 4.90 Å². The monoisotopic (exact) mass is 686 g/mol. The molecule has 50 heavy (non-hydrogen) atoms. The SMILES string of the molecule is O=C1N(CCS(=O)(=O)c2ccccc2)Cc2ccccc2C[C@]12N=C(c1ccc(OCCCO)cc1)O[C@@H]2c1ccc(-c2ccccc2)cc1. The average Bonchev–Trinajstić information content (AvgIpc) is 3.49. The molecule has 1 spiro atoms. The number of aliphatic imine (C=N–C) groups is 1. The Kier molecular flexibility index (Phi) is 9.52. The fourth-order valence-electron chi connectivity index (χ4n) is 6.63. The molecular formula is C41H38N2O6S. The molecule has 254 valence electrons. The van der Waals surface area contributed by atoms with Crippen LogP contribution in [0.5, 0.6) is 5.75 Å². The Balaban J connectivity index is 1.29. The van der Waals surface area contributed by atoms with Crippen molar-refractivity contribution < 1.29 is 27.8 Å². The maximum Gasteiger partial charge on any atom is 0.255 e. The van der Waals surface area contributed by atoms with Crippen molar-refractivity contribution in [2.75, 3.05) is 25.5 Å². The average molecular weight is 687 g/mol. The zero-order valence-electron chi connectivity index (χ0n) is 27.5. The van der Waals surface area contributed by atoms with E-state index in [0.29, 0.717) is 30.2 Å². The molecule has 0 unspecified atom stereocenters. The molecule has 0 fully saturated rings. The van der Waals surface area contributed by atoms with Crippen molar-refractivity contribution in [3.8, 4) is 16.9 Å². The number of benzene rings is 5. The molecule has 0 radical (unpaired) electrons. The number of carbonyl (C=O) groups excluding carboxylic acids is 1. The molecule has 0 aliphatic carbocycles. The normalized spacial score (nSPS) is 18.7. The number of aliphatic hydroxyl groups excluding tert-OH is 1. The van der Waals surface area contributed by atoms with Crippen molar-refractivity contribution >= 4 is 21.6 Å². The highest BCUT2D eigenvalue weighted by atomic mass is 32.2. The highest BCUT2D eigenvalue weighted by molar-refractivity contribution is 7.91. The second-order valence-electron chi connectivity index (χ2n) is 12.6. The molecule has 0 aromatic heterocycles. The van der Waals surface area contributed by atoms with Crippen LogP contribution in [-0.4, -0.2) is 61.3 Å². The smallest absolute Gasteiger partial charge is 0.255 e. The Hall–Kier alpha value is -5.25. The van der Waals surface area contributed by atoms with Gasteiger partial charge < -0.3 is 19.5 Å². The van der Waals surface area contributed by atoms with Gasteiger partial charge in [0.1, 0.15) is 5.75 Å². The summed E-state index contributed by atoms with van der Waals surface area (Å²) in [6.07, 6.45) is 0.0213. The minimum absolute atomic E-state index is 0.00343. The molecule has 0 saturated carbocycles. The number of sulfone groups is 1. The van der Waals surface area contributed by atoms with Crippen molar-refractivity contribution in [3.05, 3.63) is 156 Å². The van der Waals surface area contributed by atoms with Gasteiger partial charge in [-0.3, -0.25) is 4.79 Å². The number of nitrogens with zero attached hydrogens (tertiary/aromatic N) is 2. The van der Waals surface area contributed by atoms with E-state index >= 15 is 4.79 Å². The Bertz CT molecular complexity index is 2090. The van der Waals surface area contributed by atoms with Gasteiger partial charge >= 0.3 is 0 Å². The van der Waals surface area contributed by atoms with Crippen LogP contribution in [0, 0.1) is 0 Å². The summed E-state index contributed by atoms with van der Waals surface area (Å²) in [7, 11) is -3.66. The van der Waals surface area contributed by atoms with Gasteiger partial charge in [0.25, 0.3) is 5.91 Å². The highest BCUT2D eigenvalue weighted by Crippen LogP contribution is 2.45. The van der Waals surface area contributed by atoms with Crippen LogP contribution in [0.3, 0.4) is 0 Å². The quantitative estimate of drug-likeness (QED) is 0.161. The second kappa shape index (κ2) is 14.3. The third kappa shape index (κ3) is 6.79. The lowest BCUT2D eigenvalue weighted by molar-refractivity contribution is -0.139. The topological polar surface area (TPSA) is 106 Å². The summed E-state index contributed by atoms with van der Waals surface area (Å²) >= 11 is 0. The maximum absolute atomic E-state index is 15.0. The minimum atomic E-state index is -3.66. The maximum atomic E-state index is 15.0. The summed E-state index contributed by atoms with van der Waals surface area (Å²) in [6.45, 7) is 0.689. The van der Waals surface area contributed by atoms with E-state index in [2.05, 4.69) is 0 Å². The van der Waals surface area contributed by atoms with E-state index < -0.39 is 21.5 Å². The first-order valence-electron chi connectivity index (χ1n) is 16.8. The van der Waals surface area contributed by atoms with Gasteiger partial charge in [0.05, 0.1) is 17.3 Å². The molecule has 2 heterocycles. The van der Waals surface area contributed by atoms with Gasteiger partial charge in [0.15, 0.2) is 21.5 Å². The van der Waals surface area contributed by atoms with E-state index in [-0.39, 0.29) is 42.7 Å². The first-order chi connectivity index (χ1) is 24.4. The van der Waals surface area contributed by atoms with Crippen LogP contribution in [-0.2, 0) is 32.3 Å². The molecule has 1 N–H and O–H groups in total. The van der Waals surface area contributed by atoms with E-state index in [9.17, 15) is 8.42 Å². The first kappa shape index (κ1) is 33.3. The van der Waals surface area contributed by atoms with Gasteiger partial charge in [-0.05, 0) is 64.2 Å². The van der Waals surface area contributed by atoms with Crippen LogP contribution in [0.2, 0.25) is 0 Å². The van der Waals surface area contributed by atoms with E-state index in [0.717, 1.165) is 27.8 Å². The molecule has 5 aromatic carbocycles. The second-order valence-corrected chi connectivity index (χ2v) is 14.7. The number of rotatable bonds is 11. The van der Waals surface area contributed by atoms with E-state index in [1.54, 1.807) is 35.2 Å². The number of hydrogen-bond acceptors (Lipinski definition) is 7. The standard InChI is InChI=1S/C41H38N2O6S/c44-25-9-26-48-36-22-20-33(21-23-36)39-42-41(38(49-39)32-18-16-31(17-19-32)30-10-3-1-4-11-30)28-34-12-7-8-13-35(34)29-43(40(41)45)24-27-50(46,47)37-14-5-2-6-15-37/h1-8,10-23,38,44H,9,24-29H2/t38-,41-/m1/s1. The Morgan fingerprint density at radius 3 is 2.10 bits per heavy atom. The molecule has 8 nitrogen and oxygen atoms in total. The molecule has 5 aromatic rings. The molecule has 7 rings (SSSR count). The summed E-state index contributed by atoms with van der Waals surface area (Å²) in [5, 5.41) is 9.12. The predicted molar refractivity (Wildman–Crippen MR) is 193 cm³/mol. The van der Waals surface area contributed by atoms with Gasteiger partial charge in [-0.15, -0.1) is 0 Å². The van der Waals surface area contributed by atoms with Crippen molar-refractivity contribution in [3.63, 3.8) is 0 Å². The van der Waals surface area contributed by atoms with Crippen LogP contribution < -0.4 is 4.74 Å². The lowest BCUT2D eigenvalue weighted by Gasteiger charge is -2.33. The summed E-state index contributed by atoms with van der Waals surface area (Å²) < 4.78 is 39.3. The molecule has 9 heteroatoms. The molecule has 0 bridgehead atoms. The summed E-state index contributed by atoms with van der Waals surface area (Å²) in [4.78, 5) is 22.1. The predicted octanol–water partition coefficient (Wildman–Crippen LogP) is 6.43. The van der Waals surface area contributed by atoms with Crippen molar-refractivity contribution in [2.24, 2.45) is 4.99 Å². The van der Waals surface area contributed by atoms with Gasteiger partial charge in [0, 0.05) is 38.1 Å². The number of aliphatic hydroxyl groups is 1. The fourth-order valence-corrected chi connectivity index (χ4v) is 7.90. The van der Waals surface area contributed by atoms with E-state index in [4.69, 9.17) is 19.6 Å². The van der Waals surface area contributed by atoms with Crippen molar-refractivity contribution in [1.29, 1.82) is 0 Å². The summed E-state index contributed by atoms with van der Waals surface area (Å²) in [5.74, 6) is 0.461. The van der Waals surface area contributed by atoms with Gasteiger partial charge in [0.2, 0.25) is 5.90 Å². The van der Waals surface area contributed by atoms with Crippen LogP contribution >= 0.6 is 0 Å². The van der Waals surface area contributed by atoms with Crippen LogP contribution in [0.4, 0.5) is 0 Å². The van der Waals surface area contributed by atoms with E-state index in [1.807, 2.05) is 103 Å². The molecule has 2 aliphatic heterocycles. The third-order valence-corrected chi connectivity index (χ3v) is 11.0. The first-order valence-corrected chi connectivity index (χ1v) is 18.4. The number of carbonyl (C=O) groups is 1. The molecule has 2 aliphatic rings. The lowest BCUT2D eigenvalue weighted by Crippen LogP contribution is -2.50. The number of fused-ring (bicyclic) bond motifs is 1. The Morgan fingerprint density at radius 1 is 0.780 bits per heavy atom. The zero-order chi connectivity index (χ0) is 34.6. The third-order valence-electron chi connectivity index (χ3n) is 9.29. The molecule has 2 atom stereocenters. The zero-order valence-corrected chi connectivity index (χ0v) is 28.3. The number of hydrogen-bond donors (Lipinski definition) is 1. The largest absolute Gasteiger partial charge is 0.494 e. The summed E-state index contributed by atoms with van der Waals surface area (Å²) in [5.41, 5.74) is 4.09. The van der Waals surface area contributed by atoms with Gasteiger partial charge in [-0.1, -0.05) is 97.1 Å². The lowest BCUT2D eigenvalue weighted by atomic mass is 9.81. The molecule has 0 saturated heterocycles. The van der Waals surface area contributed by atoms with Crippen LogP contribution in [0.25, 0.3) is 11.1 Å². The molecular weight excluding hydrogens is 649 g/mol. The van der Waals surface area contributed by atoms with Crippen LogP contribution in [0.15, 0.2) is 143 Å². The highest BCUT2D eigenvalue weighted by Gasteiger charge is 2.56. The van der Waals surface area contributed by atoms with Gasteiger partial charge in [-0.2, -0.15) is 0 Å². The Morgan fingerprint density at radius 2 is 1.40 bits per heavy atom. The van der Waals surface area contributed by atoms with Crippen molar-refractivity contribution in [2.45, 2.75) is 35.9 Å². The van der Waals surface area contributed by atoms with E-state index in [1.165, 1.54) is 0 Å². The number of ether oxygens (including phenoxy) is 2. The van der Waals surface area contributed by atoms with Crippen LogP contribution in [0.1, 0.15) is 34.8 Å². The fraction of sp³-hybridized carbons (Fsp3) is 0.220.